The molecule has 2 aliphatic rings. The molecule has 2 heterocycles. The van der Waals surface area contributed by atoms with Crippen molar-refractivity contribution in [2.24, 2.45) is 0 Å². The van der Waals surface area contributed by atoms with Gasteiger partial charge in [0.15, 0.2) is 0 Å². The first-order chi connectivity index (χ1) is 15.6. The summed E-state index contributed by atoms with van der Waals surface area (Å²) in [6.45, 7) is 2.70. The molecule has 0 N–H and O–H groups in total. The van der Waals surface area contributed by atoms with E-state index in [0.29, 0.717) is 24.1 Å². The molecule has 2 aromatic carbocycles. The SMILES string of the molecule is FC(F)(F)Oc1ccccc1CN1C(CN2CCCC2)CC1c1ccccc1OC(F)(F)F. The Bertz CT molecular complexity index is 943. The fraction of sp³-hybridized carbons (Fsp3) is 0.478. The lowest BCUT2D eigenvalue weighted by molar-refractivity contribution is -0.275. The molecule has 10 heteroatoms. The molecule has 2 saturated heterocycles. The summed E-state index contributed by atoms with van der Waals surface area (Å²) in [5.41, 5.74) is 0.682. The number of halogens is 6. The van der Waals surface area contributed by atoms with Gasteiger partial charge in [-0.1, -0.05) is 36.4 Å². The Morgan fingerprint density at radius 2 is 1.36 bits per heavy atom. The second-order valence-corrected chi connectivity index (χ2v) is 8.33. The van der Waals surface area contributed by atoms with Crippen LogP contribution < -0.4 is 9.47 Å². The van der Waals surface area contributed by atoms with E-state index in [1.807, 2.05) is 4.90 Å². The lowest BCUT2D eigenvalue weighted by atomic mass is 9.85. The molecular weight excluding hydrogens is 450 g/mol. The maximum atomic E-state index is 12.9. The summed E-state index contributed by atoms with van der Waals surface area (Å²) < 4.78 is 85.9. The van der Waals surface area contributed by atoms with Crippen molar-refractivity contribution in [2.75, 3.05) is 19.6 Å². The first-order valence-electron chi connectivity index (χ1n) is 10.8. The number of para-hydroxylation sites is 2. The molecule has 2 fully saturated rings. The Morgan fingerprint density at radius 3 is 2.03 bits per heavy atom. The van der Waals surface area contributed by atoms with Gasteiger partial charge < -0.3 is 14.4 Å². The van der Waals surface area contributed by atoms with Crippen molar-refractivity contribution in [1.29, 1.82) is 0 Å². The van der Waals surface area contributed by atoms with Crippen LogP contribution in [0.25, 0.3) is 0 Å². The third-order valence-corrected chi connectivity index (χ3v) is 6.09. The number of alkyl halides is 6. The van der Waals surface area contributed by atoms with E-state index in [9.17, 15) is 26.3 Å². The lowest BCUT2D eigenvalue weighted by Gasteiger charge is -2.50. The van der Waals surface area contributed by atoms with E-state index in [-0.39, 0.29) is 24.1 Å². The highest BCUT2D eigenvalue weighted by molar-refractivity contribution is 5.39. The molecule has 2 aliphatic heterocycles. The van der Waals surface area contributed by atoms with E-state index in [1.54, 1.807) is 24.3 Å². The highest BCUT2D eigenvalue weighted by Gasteiger charge is 2.43. The van der Waals surface area contributed by atoms with E-state index < -0.39 is 18.8 Å². The number of hydrogen-bond donors (Lipinski definition) is 0. The highest BCUT2D eigenvalue weighted by Crippen LogP contribution is 2.45. The van der Waals surface area contributed by atoms with Crippen molar-refractivity contribution in [3.63, 3.8) is 0 Å². The molecule has 4 rings (SSSR count). The zero-order chi connectivity index (χ0) is 23.6. The summed E-state index contributed by atoms with van der Waals surface area (Å²) >= 11 is 0. The predicted molar refractivity (Wildman–Crippen MR) is 109 cm³/mol. The monoisotopic (exact) mass is 474 g/mol. The van der Waals surface area contributed by atoms with Crippen LogP contribution in [0.2, 0.25) is 0 Å². The number of ether oxygens (including phenoxy) is 2. The molecule has 0 radical (unpaired) electrons. The first-order valence-corrected chi connectivity index (χ1v) is 10.8. The average molecular weight is 474 g/mol. The zero-order valence-electron chi connectivity index (χ0n) is 17.7. The molecule has 0 amide bonds. The van der Waals surface area contributed by atoms with Gasteiger partial charge in [-0.15, -0.1) is 26.3 Å². The molecule has 0 bridgehead atoms. The Morgan fingerprint density at radius 1 is 0.788 bits per heavy atom. The van der Waals surface area contributed by atoms with Crippen LogP contribution in [0, 0.1) is 0 Å². The second kappa shape index (κ2) is 9.42. The largest absolute Gasteiger partial charge is 0.573 e. The van der Waals surface area contributed by atoms with Crippen LogP contribution in [0.15, 0.2) is 48.5 Å². The van der Waals surface area contributed by atoms with Gasteiger partial charge in [0.1, 0.15) is 11.5 Å². The molecule has 0 aromatic heterocycles. The Labute approximate surface area is 187 Å². The quantitative estimate of drug-likeness (QED) is 0.467. The van der Waals surface area contributed by atoms with E-state index in [2.05, 4.69) is 14.4 Å². The van der Waals surface area contributed by atoms with Crippen LogP contribution in [0.5, 0.6) is 11.5 Å². The minimum atomic E-state index is -4.84. The van der Waals surface area contributed by atoms with Crippen LogP contribution in [0.4, 0.5) is 26.3 Å². The zero-order valence-corrected chi connectivity index (χ0v) is 17.7. The van der Waals surface area contributed by atoms with Crippen molar-refractivity contribution in [3.05, 3.63) is 59.7 Å². The number of nitrogens with zero attached hydrogens (tertiary/aromatic N) is 2. The highest BCUT2D eigenvalue weighted by atomic mass is 19.4. The predicted octanol–water partition coefficient (Wildman–Crippen LogP) is 5.90. The molecule has 0 spiro atoms. The molecule has 0 aliphatic carbocycles. The van der Waals surface area contributed by atoms with Crippen LogP contribution in [-0.2, 0) is 6.54 Å². The minimum absolute atomic E-state index is 0.00835. The van der Waals surface area contributed by atoms with Gasteiger partial charge in [0.2, 0.25) is 0 Å². The molecule has 2 aromatic rings. The lowest BCUT2D eigenvalue weighted by Crippen LogP contribution is -2.54. The Hall–Kier alpha value is -2.46. The molecule has 2 unspecified atom stereocenters. The minimum Gasteiger partial charge on any atom is -0.405 e. The fourth-order valence-corrected chi connectivity index (χ4v) is 4.66. The van der Waals surface area contributed by atoms with Gasteiger partial charge >= 0.3 is 12.7 Å². The third-order valence-electron chi connectivity index (χ3n) is 6.09. The summed E-state index contributed by atoms with van der Waals surface area (Å²) in [6, 6.07) is 11.3. The molecule has 4 nitrogen and oxygen atoms in total. The van der Waals surface area contributed by atoms with Gasteiger partial charge in [-0.3, -0.25) is 4.90 Å². The van der Waals surface area contributed by atoms with Gasteiger partial charge in [0.05, 0.1) is 0 Å². The topological polar surface area (TPSA) is 24.9 Å². The van der Waals surface area contributed by atoms with Crippen molar-refractivity contribution >= 4 is 0 Å². The van der Waals surface area contributed by atoms with Crippen LogP contribution in [0.3, 0.4) is 0 Å². The van der Waals surface area contributed by atoms with Crippen molar-refractivity contribution < 1.29 is 35.8 Å². The molecular formula is C23H24F6N2O2. The van der Waals surface area contributed by atoms with Gasteiger partial charge in [-0.25, -0.2) is 0 Å². The van der Waals surface area contributed by atoms with Crippen LogP contribution in [-0.4, -0.2) is 48.2 Å². The van der Waals surface area contributed by atoms with Crippen molar-refractivity contribution in [2.45, 2.75) is 50.6 Å². The first kappa shape index (κ1) is 23.7. The molecule has 180 valence electrons. The summed E-state index contributed by atoms with van der Waals surface area (Å²) in [5.74, 6) is -0.602. The smallest absolute Gasteiger partial charge is 0.405 e. The van der Waals surface area contributed by atoms with E-state index >= 15 is 0 Å². The normalized spacial score (nSPS) is 22.2. The van der Waals surface area contributed by atoms with Gasteiger partial charge in [-0.05, 0) is 44.5 Å². The molecule has 0 saturated carbocycles. The van der Waals surface area contributed by atoms with E-state index in [4.69, 9.17) is 0 Å². The number of hydrogen-bond acceptors (Lipinski definition) is 4. The second-order valence-electron chi connectivity index (χ2n) is 8.33. The summed E-state index contributed by atoms with van der Waals surface area (Å²) in [5, 5.41) is 0. The summed E-state index contributed by atoms with van der Waals surface area (Å²) in [7, 11) is 0. The number of likely N-dealkylation sites (tertiary alicyclic amines) is 2. The standard InChI is InChI=1S/C23H24F6N2O2/c24-22(25,26)32-20-9-3-1-7-16(20)14-31-17(15-30-11-5-6-12-30)13-19(31)18-8-2-4-10-21(18)33-23(27,28)29/h1-4,7-10,17,19H,5-6,11-15H2. The maximum absolute atomic E-state index is 12.9. The maximum Gasteiger partial charge on any atom is 0.573 e. The Balaban J connectivity index is 1.60. The third kappa shape index (κ3) is 6.11. The Kier molecular flexibility index (Phi) is 6.76. The van der Waals surface area contributed by atoms with Gasteiger partial charge in [0, 0.05) is 36.3 Å². The summed E-state index contributed by atoms with van der Waals surface area (Å²) in [4.78, 5) is 4.22. The fourth-order valence-electron chi connectivity index (χ4n) is 4.66. The average Bonchev–Trinajstić information content (AvgIpc) is 3.22. The van der Waals surface area contributed by atoms with Crippen LogP contribution >= 0.6 is 0 Å². The molecule has 33 heavy (non-hydrogen) atoms. The van der Waals surface area contributed by atoms with Crippen molar-refractivity contribution in [3.8, 4) is 11.5 Å². The van der Waals surface area contributed by atoms with E-state index in [1.165, 1.54) is 24.3 Å². The van der Waals surface area contributed by atoms with Gasteiger partial charge in [-0.2, -0.15) is 0 Å². The molecule has 2 atom stereocenters. The van der Waals surface area contributed by atoms with Crippen molar-refractivity contribution in [1.82, 2.24) is 9.80 Å². The van der Waals surface area contributed by atoms with E-state index in [0.717, 1.165) is 25.9 Å². The van der Waals surface area contributed by atoms with Gasteiger partial charge in [0.25, 0.3) is 0 Å². The van der Waals surface area contributed by atoms with Crippen LogP contribution in [0.1, 0.15) is 36.4 Å². The number of rotatable bonds is 7. The number of benzene rings is 2. The summed E-state index contributed by atoms with van der Waals surface area (Å²) in [6.07, 6.45) is -6.93.